The van der Waals surface area contributed by atoms with E-state index in [4.69, 9.17) is 5.11 Å². The second kappa shape index (κ2) is 4.34. The van der Waals surface area contributed by atoms with E-state index in [1.807, 2.05) is 0 Å². The van der Waals surface area contributed by atoms with E-state index in [1.165, 1.54) is 0 Å². The lowest BCUT2D eigenvalue weighted by molar-refractivity contribution is -0.147. The monoisotopic (exact) mass is 339 g/mol. The summed E-state index contributed by atoms with van der Waals surface area (Å²) < 4.78 is 26.9. The molecule has 94 valence electrons. The van der Waals surface area contributed by atoms with Crippen molar-refractivity contribution in [2.75, 3.05) is 0 Å². The van der Waals surface area contributed by atoms with Gasteiger partial charge in [-0.05, 0) is 46.6 Å². The summed E-state index contributed by atoms with van der Waals surface area (Å²) in [6.07, 6.45) is 1.40. The van der Waals surface area contributed by atoms with Crippen molar-refractivity contribution in [2.45, 2.75) is 29.0 Å². The molecular weight excluding hydrogens is 330 g/mol. The Morgan fingerprint density at radius 3 is 2.53 bits per heavy atom. The second-order valence-corrected chi connectivity index (χ2v) is 7.55. The van der Waals surface area contributed by atoms with Gasteiger partial charge in [0.05, 0.1) is 0 Å². The van der Waals surface area contributed by atoms with Gasteiger partial charge in [-0.1, -0.05) is 0 Å². The standard InChI is InChI=1S/C9H10BrNO4S2/c10-6-2-5-16-7(6)17(14,15)11-9(8(12)13)3-1-4-9/h2,5,11H,1,3-4H2,(H,12,13). The summed E-state index contributed by atoms with van der Waals surface area (Å²) in [5.74, 6) is -1.11. The molecule has 2 N–H and O–H groups in total. The van der Waals surface area contributed by atoms with E-state index in [0.717, 1.165) is 17.8 Å². The summed E-state index contributed by atoms with van der Waals surface area (Å²) in [4.78, 5) is 11.1. The maximum absolute atomic E-state index is 12.0. The molecule has 5 nitrogen and oxygen atoms in total. The number of aliphatic carboxylic acids is 1. The van der Waals surface area contributed by atoms with Crippen molar-refractivity contribution < 1.29 is 18.3 Å². The highest BCUT2D eigenvalue weighted by Crippen LogP contribution is 2.35. The number of nitrogens with one attached hydrogen (secondary N) is 1. The zero-order valence-corrected chi connectivity index (χ0v) is 11.9. The first-order valence-electron chi connectivity index (χ1n) is 4.88. The van der Waals surface area contributed by atoms with Crippen molar-refractivity contribution in [1.82, 2.24) is 4.72 Å². The molecule has 0 bridgehead atoms. The van der Waals surface area contributed by atoms with Crippen molar-refractivity contribution in [3.05, 3.63) is 15.9 Å². The Hall–Kier alpha value is -0.440. The number of hydrogen-bond donors (Lipinski definition) is 2. The average molecular weight is 340 g/mol. The van der Waals surface area contributed by atoms with Crippen molar-refractivity contribution in [2.24, 2.45) is 0 Å². The van der Waals surface area contributed by atoms with Gasteiger partial charge in [-0.15, -0.1) is 11.3 Å². The lowest BCUT2D eigenvalue weighted by Gasteiger charge is -2.37. The molecule has 17 heavy (non-hydrogen) atoms. The van der Waals surface area contributed by atoms with E-state index >= 15 is 0 Å². The number of sulfonamides is 1. The van der Waals surface area contributed by atoms with Gasteiger partial charge >= 0.3 is 5.97 Å². The molecule has 0 spiro atoms. The predicted molar refractivity (Wildman–Crippen MR) is 66.6 cm³/mol. The molecule has 1 fully saturated rings. The van der Waals surface area contributed by atoms with E-state index < -0.39 is 21.5 Å². The highest BCUT2D eigenvalue weighted by molar-refractivity contribution is 9.10. The molecule has 1 aromatic rings. The highest BCUT2D eigenvalue weighted by Gasteiger charge is 2.48. The summed E-state index contributed by atoms with van der Waals surface area (Å²) in [6.45, 7) is 0. The van der Waals surface area contributed by atoms with Crippen molar-refractivity contribution in [3.63, 3.8) is 0 Å². The predicted octanol–water partition coefficient (Wildman–Crippen LogP) is 1.80. The van der Waals surface area contributed by atoms with Gasteiger partial charge < -0.3 is 5.11 Å². The topological polar surface area (TPSA) is 83.5 Å². The van der Waals surface area contributed by atoms with Crippen LogP contribution in [-0.2, 0) is 14.8 Å². The van der Waals surface area contributed by atoms with Crippen LogP contribution >= 0.6 is 27.3 Å². The van der Waals surface area contributed by atoms with Gasteiger partial charge in [-0.25, -0.2) is 8.42 Å². The maximum atomic E-state index is 12.0. The summed E-state index contributed by atoms with van der Waals surface area (Å²) in [7, 11) is -3.77. The SMILES string of the molecule is O=C(O)C1(NS(=O)(=O)c2sccc2Br)CCC1. The Kier molecular flexibility index (Phi) is 3.32. The molecule has 1 aliphatic rings. The van der Waals surface area contributed by atoms with Crippen molar-refractivity contribution in [1.29, 1.82) is 0 Å². The van der Waals surface area contributed by atoms with Crippen LogP contribution in [0, 0.1) is 0 Å². The van der Waals surface area contributed by atoms with Gasteiger partial charge in [0.15, 0.2) is 0 Å². The zero-order valence-electron chi connectivity index (χ0n) is 8.64. The minimum absolute atomic E-state index is 0.116. The Labute approximate surface area is 111 Å². The van der Waals surface area contributed by atoms with Gasteiger partial charge in [-0.2, -0.15) is 4.72 Å². The second-order valence-electron chi connectivity index (χ2n) is 3.90. The fraction of sp³-hybridized carbons (Fsp3) is 0.444. The quantitative estimate of drug-likeness (QED) is 0.875. The number of carboxylic acids is 1. The molecule has 0 saturated heterocycles. The van der Waals surface area contributed by atoms with Crippen LogP contribution in [0.4, 0.5) is 0 Å². The number of thiophene rings is 1. The molecule has 0 amide bonds. The van der Waals surface area contributed by atoms with Crippen molar-refractivity contribution in [3.8, 4) is 0 Å². The van der Waals surface area contributed by atoms with Gasteiger partial charge in [0.25, 0.3) is 10.0 Å². The first kappa shape index (κ1) is 13.0. The largest absolute Gasteiger partial charge is 0.480 e. The number of rotatable bonds is 4. The minimum atomic E-state index is -3.77. The first-order chi connectivity index (χ1) is 7.87. The normalized spacial score (nSPS) is 18.6. The minimum Gasteiger partial charge on any atom is -0.480 e. The van der Waals surface area contributed by atoms with Gasteiger partial charge in [-0.3, -0.25) is 4.79 Å². The Bertz CT molecular complexity index is 547. The lowest BCUT2D eigenvalue weighted by Crippen LogP contribution is -2.58. The van der Waals surface area contributed by atoms with E-state index in [9.17, 15) is 13.2 Å². The van der Waals surface area contributed by atoms with Gasteiger partial charge in [0.2, 0.25) is 0 Å². The third-order valence-electron chi connectivity index (χ3n) is 2.77. The van der Waals surface area contributed by atoms with Crippen LogP contribution in [0.1, 0.15) is 19.3 Å². The molecule has 0 atom stereocenters. The van der Waals surface area contributed by atoms with Gasteiger partial charge in [0, 0.05) is 4.47 Å². The molecule has 0 aromatic carbocycles. The lowest BCUT2D eigenvalue weighted by atomic mass is 9.78. The number of carboxylic acid groups (broad SMARTS) is 1. The maximum Gasteiger partial charge on any atom is 0.324 e. The molecule has 1 heterocycles. The number of carbonyl (C=O) groups is 1. The Morgan fingerprint density at radius 1 is 1.53 bits per heavy atom. The van der Waals surface area contributed by atoms with Crippen LogP contribution in [0.3, 0.4) is 0 Å². The van der Waals surface area contributed by atoms with Crippen LogP contribution in [0.5, 0.6) is 0 Å². The van der Waals surface area contributed by atoms with E-state index in [2.05, 4.69) is 20.7 Å². The molecule has 0 unspecified atom stereocenters. The third kappa shape index (κ3) is 2.26. The van der Waals surface area contributed by atoms with Crippen LogP contribution < -0.4 is 4.72 Å². The van der Waals surface area contributed by atoms with Crippen LogP contribution in [0.15, 0.2) is 20.1 Å². The molecule has 1 aliphatic carbocycles. The van der Waals surface area contributed by atoms with E-state index in [1.54, 1.807) is 11.4 Å². The van der Waals surface area contributed by atoms with Gasteiger partial charge in [0.1, 0.15) is 9.75 Å². The third-order valence-corrected chi connectivity index (χ3v) is 6.98. The number of halogens is 1. The molecule has 0 radical (unpaired) electrons. The van der Waals surface area contributed by atoms with Crippen LogP contribution in [-0.4, -0.2) is 25.0 Å². The zero-order chi connectivity index (χ0) is 12.7. The molecule has 0 aliphatic heterocycles. The van der Waals surface area contributed by atoms with Crippen LogP contribution in [0.2, 0.25) is 0 Å². The van der Waals surface area contributed by atoms with E-state index in [0.29, 0.717) is 17.3 Å². The smallest absolute Gasteiger partial charge is 0.324 e. The summed E-state index contributed by atoms with van der Waals surface area (Å²) in [6, 6.07) is 1.62. The summed E-state index contributed by atoms with van der Waals surface area (Å²) in [5.41, 5.74) is -1.32. The van der Waals surface area contributed by atoms with Crippen molar-refractivity contribution >= 4 is 43.3 Å². The average Bonchev–Trinajstić information content (AvgIpc) is 2.58. The summed E-state index contributed by atoms with van der Waals surface area (Å²) in [5, 5.41) is 10.7. The molecule has 1 saturated carbocycles. The number of hydrogen-bond acceptors (Lipinski definition) is 4. The Balaban J connectivity index is 2.30. The molecular formula is C9H10BrNO4S2. The highest BCUT2D eigenvalue weighted by atomic mass is 79.9. The summed E-state index contributed by atoms with van der Waals surface area (Å²) >= 11 is 4.18. The fourth-order valence-electron chi connectivity index (χ4n) is 1.67. The fourth-order valence-corrected chi connectivity index (χ4v) is 5.42. The molecule has 1 aromatic heterocycles. The molecule has 2 rings (SSSR count). The van der Waals surface area contributed by atoms with Crippen LogP contribution in [0.25, 0.3) is 0 Å². The Morgan fingerprint density at radius 2 is 2.18 bits per heavy atom. The van der Waals surface area contributed by atoms with E-state index in [-0.39, 0.29) is 4.21 Å². The molecule has 8 heteroatoms. The first-order valence-corrected chi connectivity index (χ1v) is 8.03.